The Bertz CT molecular complexity index is 313. The summed E-state index contributed by atoms with van der Waals surface area (Å²) in [6.45, 7) is 3.45. The second kappa shape index (κ2) is 5.17. The van der Waals surface area contributed by atoms with Gasteiger partial charge in [-0.1, -0.05) is 12.8 Å². The minimum Gasteiger partial charge on any atom is -0.345 e. The summed E-state index contributed by atoms with van der Waals surface area (Å²) in [7, 11) is 0. The number of alkyl halides is 1. The van der Waals surface area contributed by atoms with Gasteiger partial charge in [0.2, 0.25) is 0 Å². The van der Waals surface area contributed by atoms with E-state index < -0.39 is 0 Å². The number of anilines is 1. The van der Waals surface area contributed by atoms with Gasteiger partial charge in [-0.2, -0.15) is 0 Å². The summed E-state index contributed by atoms with van der Waals surface area (Å²) in [5.41, 5.74) is 1.01. The first kappa shape index (κ1) is 11.2. The molecule has 0 radical (unpaired) electrons. The maximum Gasteiger partial charge on any atom is 0.185 e. The third-order valence-electron chi connectivity index (χ3n) is 2.98. The van der Waals surface area contributed by atoms with E-state index in [9.17, 15) is 0 Å². The quantitative estimate of drug-likeness (QED) is 0.739. The maximum absolute atomic E-state index is 5.77. The highest BCUT2D eigenvalue weighted by Crippen LogP contribution is 2.27. The molecule has 0 amide bonds. The largest absolute Gasteiger partial charge is 0.345 e. The maximum atomic E-state index is 5.77. The Kier molecular flexibility index (Phi) is 3.87. The molecule has 0 bridgehead atoms. The lowest BCUT2D eigenvalue weighted by Gasteiger charge is -2.26. The average molecular weight is 245 g/mol. The molecule has 1 fully saturated rings. The van der Waals surface area contributed by atoms with Crippen LogP contribution in [0.5, 0.6) is 0 Å². The summed E-state index contributed by atoms with van der Waals surface area (Å²) in [5.74, 6) is 0.527. The summed E-state index contributed by atoms with van der Waals surface area (Å²) in [4.78, 5) is 7.00. The highest BCUT2D eigenvalue weighted by Gasteiger charge is 2.19. The molecule has 2 heterocycles. The van der Waals surface area contributed by atoms with Crippen molar-refractivity contribution in [2.45, 2.75) is 44.5 Å². The van der Waals surface area contributed by atoms with Crippen LogP contribution < -0.4 is 4.90 Å². The van der Waals surface area contributed by atoms with Crippen molar-refractivity contribution in [3.63, 3.8) is 0 Å². The molecular formula is C11H17ClN2S. The van der Waals surface area contributed by atoms with Crippen LogP contribution in [0.3, 0.4) is 0 Å². The van der Waals surface area contributed by atoms with Crippen LogP contribution in [0.15, 0.2) is 5.38 Å². The highest BCUT2D eigenvalue weighted by molar-refractivity contribution is 7.13. The molecule has 15 heavy (non-hydrogen) atoms. The molecule has 1 saturated heterocycles. The lowest BCUT2D eigenvalue weighted by Crippen LogP contribution is -2.32. The first-order valence-electron chi connectivity index (χ1n) is 5.58. The molecule has 1 aliphatic rings. The van der Waals surface area contributed by atoms with Crippen molar-refractivity contribution in [1.82, 2.24) is 4.98 Å². The monoisotopic (exact) mass is 244 g/mol. The zero-order chi connectivity index (χ0) is 10.7. The Balaban J connectivity index is 2.12. The summed E-state index contributed by atoms with van der Waals surface area (Å²) >= 11 is 7.50. The number of aromatic nitrogens is 1. The van der Waals surface area contributed by atoms with Crippen LogP contribution in [0.4, 0.5) is 5.13 Å². The molecule has 1 unspecified atom stereocenters. The van der Waals surface area contributed by atoms with Gasteiger partial charge in [-0.05, 0) is 19.8 Å². The number of hydrogen-bond donors (Lipinski definition) is 0. The summed E-state index contributed by atoms with van der Waals surface area (Å²) < 4.78 is 0. The third kappa shape index (κ3) is 2.64. The second-order valence-corrected chi connectivity index (χ2v) is 5.25. The SMILES string of the molecule is CC1CCCCCN1c1nc(CCl)cs1. The molecule has 0 N–H and O–H groups in total. The van der Waals surface area contributed by atoms with Gasteiger partial charge in [0.25, 0.3) is 0 Å². The van der Waals surface area contributed by atoms with Crippen molar-refractivity contribution in [1.29, 1.82) is 0 Å². The van der Waals surface area contributed by atoms with Crippen molar-refractivity contribution < 1.29 is 0 Å². The zero-order valence-electron chi connectivity index (χ0n) is 9.08. The average Bonchev–Trinajstić information content (AvgIpc) is 2.62. The molecule has 0 aliphatic carbocycles. The van der Waals surface area contributed by atoms with Crippen molar-refractivity contribution in [2.24, 2.45) is 0 Å². The van der Waals surface area contributed by atoms with Crippen LogP contribution in [0, 0.1) is 0 Å². The van der Waals surface area contributed by atoms with Crippen molar-refractivity contribution in [2.75, 3.05) is 11.4 Å². The van der Waals surface area contributed by atoms with E-state index in [1.54, 1.807) is 11.3 Å². The molecule has 84 valence electrons. The lowest BCUT2D eigenvalue weighted by molar-refractivity contribution is 0.615. The predicted molar refractivity (Wildman–Crippen MR) is 66.9 cm³/mol. The van der Waals surface area contributed by atoms with Crippen molar-refractivity contribution in [3.05, 3.63) is 11.1 Å². The first-order valence-corrected chi connectivity index (χ1v) is 6.99. The molecule has 2 nitrogen and oxygen atoms in total. The molecule has 2 rings (SSSR count). The fourth-order valence-corrected chi connectivity index (χ4v) is 3.23. The molecule has 0 spiro atoms. The van der Waals surface area contributed by atoms with E-state index in [1.807, 2.05) is 0 Å². The van der Waals surface area contributed by atoms with Crippen LogP contribution >= 0.6 is 22.9 Å². The van der Waals surface area contributed by atoms with Crippen LogP contribution in [0.1, 0.15) is 38.3 Å². The van der Waals surface area contributed by atoms with E-state index in [0.717, 1.165) is 17.4 Å². The zero-order valence-corrected chi connectivity index (χ0v) is 10.7. The number of rotatable bonds is 2. The summed E-state index contributed by atoms with van der Waals surface area (Å²) in [6.07, 6.45) is 5.29. The van der Waals surface area contributed by atoms with Crippen molar-refractivity contribution >= 4 is 28.1 Å². The van der Waals surface area contributed by atoms with Gasteiger partial charge in [-0.25, -0.2) is 4.98 Å². The number of thiazole rings is 1. The smallest absolute Gasteiger partial charge is 0.185 e. The van der Waals surface area contributed by atoms with E-state index in [2.05, 4.69) is 22.2 Å². The fraction of sp³-hybridized carbons (Fsp3) is 0.727. The van der Waals surface area contributed by atoms with Gasteiger partial charge in [-0.15, -0.1) is 22.9 Å². The Morgan fingerprint density at radius 3 is 3.13 bits per heavy atom. The summed E-state index contributed by atoms with van der Waals surface area (Å²) in [5, 5.41) is 3.22. The summed E-state index contributed by atoms with van der Waals surface area (Å²) in [6, 6.07) is 0.627. The topological polar surface area (TPSA) is 16.1 Å². The van der Waals surface area contributed by atoms with E-state index >= 15 is 0 Å². The van der Waals surface area contributed by atoms with Crippen LogP contribution in [0.2, 0.25) is 0 Å². The Hall–Kier alpha value is -0.280. The molecule has 0 saturated carbocycles. The van der Waals surface area contributed by atoms with E-state index in [1.165, 1.54) is 25.7 Å². The van der Waals surface area contributed by atoms with E-state index in [0.29, 0.717) is 11.9 Å². The molecule has 1 aliphatic heterocycles. The molecule has 1 atom stereocenters. The van der Waals surface area contributed by atoms with Crippen molar-refractivity contribution in [3.8, 4) is 0 Å². The Labute approximate surface area is 100 Å². The van der Waals surface area contributed by atoms with Gasteiger partial charge in [0.15, 0.2) is 5.13 Å². The van der Waals surface area contributed by atoms with Gasteiger partial charge in [0, 0.05) is 18.0 Å². The lowest BCUT2D eigenvalue weighted by atomic mass is 10.1. The Morgan fingerprint density at radius 1 is 1.53 bits per heavy atom. The highest BCUT2D eigenvalue weighted by atomic mass is 35.5. The molecule has 1 aromatic heterocycles. The van der Waals surface area contributed by atoms with Gasteiger partial charge in [0.05, 0.1) is 11.6 Å². The second-order valence-electron chi connectivity index (χ2n) is 4.15. The standard InChI is InChI=1S/C11H17ClN2S/c1-9-5-3-2-4-6-14(9)11-13-10(7-12)8-15-11/h8-9H,2-7H2,1H3. The molecule has 4 heteroatoms. The van der Waals surface area contributed by atoms with Gasteiger partial charge < -0.3 is 4.90 Å². The first-order chi connectivity index (χ1) is 7.31. The van der Waals surface area contributed by atoms with Crippen LogP contribution in [-0.4, -0.2) is 17.6 Å². The molecular weight excluding hydrogens is 228 g/mol. The van der Waals surface area contributed by atoms with E-state index in [-0.39, 0.29) is 0 Å². The van der Waals surface area contributed by atoms with Gasteiger partial charge in [0.1, 0.15) is 0 Å². The van der Waals surface area contributed by atoms with E-state index in [4.69, 9.17) is 11.6 Å². The molecule has 0 aromatic carbocycles. The molecule has 1 aromatic rings. The fourth-order valence-electron chi connectivity index (χ4n) is 2.05. The normalized spacial score (nSPS) is 22.8. The van der Waals surface area contributed by atoms with Crippen LogP contribution in [0.25, 0.3) is 0 Å². The van der Waals surface area contributed by atoms with Crippen LogP contribution in [-0.2, 0) is 5.88 Å². The minimum atomic E-state index is 0.527. The number of hydrogen-bond acceptors (Lipinski definition) is 3. The number of halogens is 1. The predicted octanol–water partition coefficient (Wildman–Crippen LogP) is 3.65. The van der Waals surface area contributed by atoms with Gasteiger partial charge in [-0.3, -0.25) is 0 Å². The van der Waals surface area contributed by atoms with Gasteiger partial charge >= 0.3 is 0 Å². The number of nitrogens with zero attached hydrogens (tertiary/aromatic N) is 2. The third-order valence-corrected chi connectivity index (χ3v) is 4.18. The Morgan fingerprint density at radius 2 is 2.40 bits per heavy atom. The minimum absolute atomic E-state index is 0.527.